The Morgan fingerprint density at radius 2 is 2.14 bits per heavy atom. The van der Waals surface area contributed by atoms with Crippen LogP contribution in [-0.2, 0) is 4.74 Å². The van der Waals surface area contributed by atoms with E-state index in [4.69, 9.17) is 4.74 Å². The highest BCUT2D eigenvalue weighted by atomic mass is 16.5. The summed E-state index contributed by atoms with van der Waals surface area (Å²) in [5.41, 5.74) is 1.71. The fraction of sp³-hybridized carbons (Fsp3) is 0.438. The van der Waals surface area contributed by atoms with Gasteiger partial charge in [-0.05, 0) is 24.7 Å². The van der Waals surface area contributed by atoms with Gasteiger partial charge in [-0.1, -0.05) is 25.1 Å². The van der Waals surface area contributed by atoms with Gasteiger partial charge < -0.3 is 9.84 Å². The Hall–Kier alpha value is -1.69. The lowest BCUT2D eigenvalue weighted by atomic mass is 10.1. The van der Waals surface area contributed by atoms with Gasteiger partial charge in [0.2, 0.25) is 0 Å². The van der Waals surface area contributed by atoms with E-state index in [0.717, 1.165) is 31.0 Å². The molecule has 1 aromatic heterocycles. The van der Waals surface area contributed by atoms with Crippen LogP contribution in [0.2, 0.25) is 0 Å². The van der Waals surface area contributed by atoms with Gasteiger partial charge in [0.15, 0.2) is 0 Å². The third kappa shape index (κ3) is 3.00. The molecule has 1 saturated heterocycles. The normalized spacial score (nSPS) is 21.3. The van der Waals surface area contributed by atoms with E-state index >= 15 is 0 Å². The number of para-hydroxylation sites is 1. The molecule has 0 bridgehead atoms. The second-order valence-corrected chi connectivity index (χ2v) is 5.25. The number of benzene rings is 1. The molecule has 0 radical (unpaired) electrons. The van der Waals surface area contributed by atoms with E-state index in [1.165, 1.54) is 0 Å². The largest absolute Gasteiger partial charge is 0.384 e. The van der Waals surface area contributed by atoms with Gasteiger partial charge in [-0.2, -0.15) is 5.10 Å². The fourth-order valence-corrected chi connectivity index (χ4v) is 2.72. The highest BCUT2D eigenvalue weighted by molar-refractivity contribution is 5.33. The second kappa shape index (κ2) is 6.39. The van der Waals surface area contributed by atoms with Crippen molar-refractivity contribution in [2.75, 3.05) is 26.2 Å². The Morgan fingerprint density at radius 3 is 2.90 bits per heavy atom. The number of aliphatic hydroxyl groups excluding tert-OH is 1. The van der Waals surface area contributed by atoms with E-state index in [-0.39, 0.29) is 6.10 Å². The molecule has 1 fully saturated rings. The molecule has 0 amide bonds. The number of rotatable bonds is 4. The van der Waals surface area contributed by atoms with Crippen LogP contribution in [0.1, 0.15) is 18.7 Å². The second-order valence-electron chi connectivity index (χ2n) is 5.25. The average molecular weight is 287 g/mol. The maximum absolute atomic E-state index is 10.7. The Bertz CT molecular complexity index is 570. The van der Waals surface area contributed by atoms with Gasteiger partial charge in [-0.15, -0.1) is 0 Å². The summed E-state index contributed by atoms with van der Waals surface area (Å²) >= 11 is 0. The number of hydrogen-bond acceptors (Lipinski definition) is 4. The van der Waals surface area contributed by atoms with Crippen molar-refractivity contribution in [1.82, 2.24) is 14.7 Å². The van der Waals surface area contributed by atoms with Crippen molar-refractivity contribution in [3.63, 3.8) is 0 Å². The van der Waals surface area contributed by atoms with Crippen molar-refractivity contribution < 1.29 is 9.84 Å². The Morgan fingerprint density at radius 1 is 1.33 bits per heavy atom. The van der Waals surface area contributed by atoms with Crippen molar-refractivity contribution in [3.8, 4) is 5.69 Å². The number of nitrogens with zero attached hydrogens (tertiary/aromatic N) is 3. The summed E-state index contributed by atoms with van der Waals surface area (Å²) in [6, 6.07) is 11.7. The van der Waals surface area contributed by atoms with Crippen molar-refractivity contribution in [2.24, 2.45) is 0 Å². The summed E-state index contributed by atoms with van der Waals surface area (Å²) in [6.07, 6.45) is 0.825. The number of aromatic nitrogens is 2. The van der Waals surface area contributed by atoms with E-state index < -0.39 is 6.10 Å². The molecule has 5 nitrogen and oxygen atoms in total. The van der Waals surface area contributed by atoms with Crippen molar-refractivity contribution in [2.45, 2.75) is 19.1 Å². The van der Waals surface area contributed by atoms with Crippen LogP contribution < -0.4 is 0 Å². The first-order valence-electron chi connectivity index (χ1n) is 7.41. The summed E-state index contributed by atoms with van der Waals surface area (Å²) in [7, 11) is 0. The van der Waals surface area contributed by atoms with Gasteiger partial charge in [-0.3, -0.25) is 4.90 Å². The molecule has 2 heterocycles. The predicted octanol–water partition coefficient (Wildman–Crippen LogP) is 1.63. The molecule has 0 saturated carbocycles. The Balaban J connectivity index is 1.82. The predicted molar refractivity (Wildman–Crippen MR) is 80.4 cm³/mol. The molecule has 1 aliphatic rings. The molecule has 5 heteroatoms. The molecule has 2 atom stereocenters. The zero-order valence-corrected chi connectivity index (χ0v) is 12.2. The zero-order valence-electron chi connectivity index (χ0n) is 12.2. The molecule has 2 aromatic rings. The van der Waals surface area contributed by atoms with Crippen LogP contribution in [0, 0.1) is 0 Å². The topological polar surface area (TPSA) is 50.5 Å². The van der Waals surface area contributed by atoms with Gasteiger partial charge >= 0.3 is 0 Å². The molecule has 0 aliphatic carbocycles. The minimum atomic E-state index is -0.679. The van der Waals surface area contributed by atoms with Crippen LogP contribution in [0.25, 0.3) is 5.69 Å². The summed E-state index contributed by atoms with van der Waals surface area (Å²) in [5.74, 6) is 0. The van der Waals surface area contributed by atoms with E-state index in [1.807, 2.05) is 36.4 Å². The maximum atomic E-state index is 10.7. The molecule has 2 unspecified atom stereocenters. The van der Waals surface area contributed by atoms with E-state index in [1.54, 1.807) is 10.9 Å². The van der Waals surface area contributed by atoms with Crippen molar-refractivity contribution in [1.29, 1.82) is 0 Å². The highest BCUT2D eigenvalue weighted by Crippen LogP contribution is 2.24. The Labute approximate surface area is 124 Å². The third-order valence-electron chi connectivity index (χ3n) is 3.95. The van der Waals surface area contributed by atoms with E-state index in [9.17, 15) is 5.11 Å². The lowest BCUT2D eigenvalue weighted by Gasteiger charge is -2.34. The van der Waals surface area contributed by atoms with Gasteiger partial charge in [0.25, 0.3) is 0 Å². The van der Waals surface area contributed by atoms with E-state index in [0.29, 0.717) is 6.61 Å². The average Bonchev–Trinajstić information content (AvgIpc) is 3.04. The highest BCUT2D eigenvalue weighted by Gasteiger charge is 2.29. The first kappa shape index (κ1) is 14.3. The number of likely N-dealkylation sites (N-methyl/N-ethyl adjacent to an activating group) is 1. The minimum Gasteiger partial charge on any atom is -0.384 e. The standard InChI is InChI=1S/C16H21N3O2/c1-2-18-10-11-21-15(12-18)16(20)14-8-9-17-19(14)13-6-4-3-5-7-13/h3-9,15-16,20H,2,10-12H2,1H3. The first-order chi connectivity index (χ1) is 10.3. The molecule has 0 spiro atoms. The summed E-state index contributed by atoms with van der Waals surface area (Å²) in [4.78, 5) is 2.29. The molecule has 1 N–H and O–H groups in total. The van der Waals surface area contributed by atoms with Crippen LogP contribution in [0.3, 0.4) is 0 Å². The van der Waals surface area contributed by atoms with Gasteiger partial charge in [0.1, 0.15) is 12.2 Å². The molecular weight excluding hydrogens is 266 g/mol. The molecule has 1 aromatic carbocycles. The van der Waals surface area contributed by atoms with Crippen molar-refractivity contribution >= 4 is 0 Å². The van der Waals surface area contributed by atoms with E-state index in [2.05, 4.69) is 16.9 Å². The number of aliphatic hydroxyl groups is 1. The number of morpholine rings is 1. The lowest BCUT2D eigenvalue weighted by Crippen LogP contribution is -2.45. The summed E-state index contributed by atoms with van der Waals surface area (Å²) < 4.78 is 7.53. The van der Waals surface area contributed by atoms with Gasteiger partial charge in [0, 0.05) is 19.3 Å². The van der Waals surface area contributed by atoms with Crippen LogP contribution in [0.15, 0.2) is 42.6 Å². The summed E-state index contributed by atoms with van der Waals surface area (Å²) in [6.45, 7) is 5.44. The number of hydrogen-bond donors (Lipinski definition) is 1. The quantitative estimate of drug-likeness (QED) is 0.928. The van der Waals surface area contributed by atoms with Crippen LogP contribution in [0.5, 0.6) is 0 Å². The zero-order chi connectivity index (χ0) is 14.7. The molecule has 112 valence electrons. The third-order valence-corrected chi connectivity index (χ3v) is 3.95. The van der Waals surface area contributed by atoms with Gasteiger partial charge in [-0.25, -0.2) is 4.68 Å². The van der Waals surface area contributed by atoms with Gasteiger partial charge in [0.05, 0.1) is 18.0 Å². The molecule has 1 aliphatic heterocycles. The minimum absolute atomic E-state index is 0.210. The smallest absolute Gasteiger partial charge is 0.123 e. The van der Waals surface area contributed by atoms with Crippen LogP contribution in [0.4, 0.5) is 0 Å². The molecule has 3 rings (SSSR count). The van der Waals surface area contributed by atoms with Crippen LogP contribution in [-0.4, -0.2) is 52.1 Å². The molecule has 21 heavy (non-hydrogen) atoms. The SMILES string of the molecule is CCN1CCOC(C(O)c2ccnn2-c2ccccc2)C1. The first-order valence-corrected chi connectivity index (χ1v) is 7.41. The molecular formula is C16H21N3O2. The number of ether oxygens (including phenoxy) is 1. The van der Waals surface area contributed by atoms with Crippen LogP contribution >= 0.6 is 0 Å². The lowest BCUT2D eigenvalue weighted by molar-refractivity contribution is -0.0906. The maximum Gasteiger partial charge on any atom is 0.123 e. The fourth-order valence-electron chi connectivity index (χ4n) is 2.72. The summed E-state index contributed by atoms with van der Waals surface area (Å²) in [5, 5.41) is 15.0. The van der Waals surface area contributed by atoms with Crippen molar-refractivity contribution in [3.05, 3.63) is 48.3 Å². The monoisotopic (exact) mass is 287 g/mol. The Kier molecular flexibility index (Phi) is 4.34.